The number of likely N-dealkylation sites (tertiary alicyclic amines) is 1. The summed E-state index contributed by atoms with van der Waals surface area (Å²) in [6, 6.07) is 7.78. The fourth-order valence-corrected chi connectivity index (χ4v) is 3.23. The van der Waals surface area contributed by atoms with Gasteiger partial charge in [0.25, 0.3) is 5.91 Å². The standard InChI is InChI=1S/C19H25N3O3/c1-3-18-16(12-20-25-18)19(23)21-17(13-22-10-4-5-11-22)14-6-8-15(24-2)9-7-14/h6-9,12,17H,3-5,10-11,13H2,1-2H3,(H,21,23)/t17-/m0/s1. The second-order valence-corrected chi connectivity index (χ2v) is 6.32. The highest BCUT2D eigenvalue weighted by molar-refractivity contribution is 5.95. The Morgan fingerprint density at radius 2 is 2.04 bits per heavy atom. The highest BCUT2D eigenvalue weighted by Gasteiger charge is 2.23. The smallest absolute Gasteiger partial charge is 0.257 e. The maximum atomic E-state index is 12.7. The van der Waals surface area contributed by atoms with Gasteiger partial charge < -0.3 is 19.5 Å². The molecule has 3 rings (SSSR count). The number of aromatic nitrogens is 1. The number of amides is 1. The Bertz CT molecular complexity index is 690. The quantitative estimate of drug-likeness (QED) is 0.837. The summed E-state index contributed by atoms with van der Waals surface area (Å²) in [7, 11) is 1.65. The van der Waals surface area contributed by atoms with Crippen LogP contribution in [-0.2, 0) is 6.42 Å². The minimum absolute atomic E-state index is 0.0869. The zero-order valence-corrected chi connectivity index (χ0v) is 14.8. The molecule has 134 valence electrons. The number of carbonyl (C=O) groups is 1. The monoisotopic (exact) mass is 343 g/mol. The lowest BCUT2D eigenvalue weighted by atomic mass is 10.1. The zero-order chi connectivity index (χ0) is 17.6. The molecule has 1 N–H and O–H groups in total. The van der Waals surface area contributed by atoms with Crippen LogP contribution >= 0.6 is 0 Å². The molecule has 6 heteroatoms. The topological polar surface area (TPSA) is 67.6 Å². The Kier molecular flexibility index (Phi) is 5.71. The molecule has 25 heavy (non-hydrogen) atoms. The van der Waals surface area contributed by atoms with Crippen LogP contribution < -0.4 is 10.1 Å². The molecule has 1 amide bonds. The maximum Gasteiger partial charge on any atom is 0.257 e. The highest BCUT2D eigenvalue weighted by Crippen LogP contribution is 2.21. The van der Waals surface area contributed by atoms with E-state index in [0.29, 0.717) is 17.7 Å². The van der Waals surface area contributed by atoms with Crippen LogP contribution in [0.1, 0.15) is 47.5 Å². The van der Waals surface area contributed by atoms with E-state index in [1.165, 1.54) is 19.0 Å². The third-order valence-electron chi connectivity index (χ3n) is 4.67. The molecule has 2 aromatic rings. The first kappa shape index (κ1) is 17.5. The number of aryl methyl sites for hydroxylation is 1. The summed E-state index contributed by atoms with van der Waals surface area (Å²) in [5.74, 6) is 1.28. The molecule has 1 aromatic carbocycles. The van der Waals surface area contributed by atoms with Gasteiger partial charge in [-0.1, -0.05) is 24.2 Å². The molecule has 6 nitrogen and oxygen atoms in total. The molecule has 0 aliphatic carbocycles. The van der Waals surface area contributed by atoms with Crippen LogP contribution in [0.5, 0.6) is 5.75 Å². The molecule has 1 aromatic heterocycles. The Morgan fingerprint density at radius 1 is 1.32 bits per heavy atom. The van der Waals surface area contributed by atoms with Crippen molar-refractivity contribution in [3.8, 4) is 5.75 Å². The fourth-order valence-electron chi connectivity index (χ4n) is 3.23. The van der Waals surface area contributed by atoms with Crippen molar-refractivity contribution in [3.05, 3.63) is 47.3 Å². The Morgan fingerprint density at radius 3 is 2.68 bits per heavy atom. The maximum absolute atomic E-state index is 12.7. The van der Waals surface area contributed by atoms with Crippen LogP contribution in [-0.4, -0.2) is 42.7 Å². The minimum atomic E-state index is -0.141. The van der Waals surface area contributed by atoms with Crippen LogP contribution in [0, 0.1) is 0 Å². The average molecular weight is 343 g/mol. The zero-order valence-electron chi connectivity index (χ0n) is 14.8. The largest absolute Gasteiger partial charge is 0.497 e. The van der Waals surface area contributed by atoms with Gasteiger partial charge in [-0.15, -0.1) is 0 Å². The van der Waals surface area contributed by atoms with Crippen molar-refractivity contribution in [2.45, 2.75) is 32.2 Å². The first-order valence-electron chi connectivity index (χ1n) is 8.82. The summed E-state index contributed by atoms with van der Waals surface area (Å²) in [5, 5.41) is 6.91. The van der Waals surface area contributed by atoms with Gasteiger partial charge in [0, 0.05) is 13.0 Å². The first-order valence-corrected chi connectivity index (χ1v) is 8.82. The minimum Gasteiger partial charge on any atom is -0.497 e. The molecule has 1 aliphatic rings. The van der Waals surface area contributed by atoms with Gasteiger partial charge in [-0.05, 0) is 43.6 Å². The van der Waals surface area contributed by atoms with Gasteiger partial charge in [0.05, 0.1) is 19.3 Å². The van der Waals surface area contributed by atoms with E-state index in [9.17, 15) is 4.79 Å². The van der Waals surface area contributed by atoms with Crippen molar-refractivity contribution < 1.29 is 14.1 Å². The number of rotatable bonds is 7. The number of ether oxygens (including phenoxy) is 1. The second kappa shape index (κ2) is 8.16. The number of nitrogens with one attached hydrogen (secondary N) is 1. The number of nitrogens with zero attached hydrogens (tertiary/aromatic N) is 2. The average Bonchev–Trinajstić information content (AvgIpc) is 3.32. The molecule has 1 fully saturated rings. The van der Waals surface area contributed by atoms with Gasteiger partial charge in [0.1, 0.15) is 17.1 Å². The number of benzene rings is 1. The molecule has 1 aliphatic heterocycles. The van der Waals surface area contributed by atoms with Gasteiger partial charge in [-0.25, -0.2) is 0 Å². The van der Waals surface area contributed by atoms with Crippen molar-refractivity contribution in [2.75, 3.05) is 26.7 Å². The van der Waals surface area contributed by atoms with E-state index < -0.39 is 0 Å². The van der Waals surface area contributed by atoms with E-state index in [0.717, 1.165) is 30.9 Å². The number of carbonyl (C=O) groups excluding carboxylic acids is 1. The van der Waals surface area contributed by atoms with Crippen molar-refractivity contribution in [1.82, 2.24) is 15.4 Å². The van der Waals surface area contributed by atoms with Crippen LogP contribution in [0.2, 0.25) is 0 Å². The van der Waals surface area contributed by atoms with Gasteiger partial charge >= 0.3 is 0 Å². The fraction of sp³-hybridized carbons (Fsp3) is 0.474. The molecule has 0 saturated carbocycles. The van der Waals surface area contributed by atoms with Crippen molar-refractivity contribution in [1.29, 1.82) is 0 Å². The second-order valence-electron chi connectivity index (χ2n) is 6.32. The third-order valence-corrected chi connectivity index (χ3v) is 4.67. The summed E-state index contributed by atoms with van der Waals surface area (Å²) < 4.78 is 10.4. The van der Waals surface area contributed by atoms with Gasteiger partial charge in [0.15, 0.2) is 0 Å². The first-order chi connectivity index (χ1) is 12.2. The summed E-state index contributed by atoms with van der Waals surface area (Å²) >= 11 is 0. The predicted octanol–water partition coefficient (Wildman–Crippen LogP) is 2.81. The lowest BCUT2D eigenvalue weighted by molar-refractivity contribution is 0.0925. The van der Waals surface area contributed by atoms with Crippen molar-refractivity contribution in [3.63, 3.8) is 0 Å². The van der Waals surface area contributed by atoms with Crippen LogP contribution in [0.3, 0.4) is 0 Å². The van der Waals surface area contributed by atoms with E-state index >= 15 is 0 Å². The lowest BCUT2D eigenvalue weighted by Crippen LogP contribution is -2.37. The molecule has 0 bridgehead atoms. The van der Waals surface area contributed by atoms with E-state index in [1.807, 2.05) is 31.2 Å². The third kappa shape index (κ3) is 4.20. The molecule has 1 saturated heterocycles. The number of hydrogen-bond donors (Lipinski definition) is 1. The Balaban J connectivity index is 1.78. The van der Waals surface area contributed by atoms with E-state index in [2.05, 4.69) is 15.4 Å². The van der Waals surface area contributed by atoms with Crippen molar-refractivity contribution >= 4 is 5.91 Å². The normalized spacial score (nSPS) is 15.9. The van der Waals surface area contributed by atoms with Gasteiger partial charge in [-0.2, -0.15) is 0 Å². The van der Waals surface area contributed by atoms with Gasteiger partial charge in [0.2, 0.25) is 0 Å². The highest BCUT2D eigenvalue weighted by atomic mass is 16.5. The molecule has 0 spiro atoms. The number of methoxy groups -OCH3 is 1. The SMILES string of the molecule is CCc1oncc1C(=O)N[C@@H](CN1CCCC1)c1ccc(OC)cc1. The lowest BCUT2D eigenvalue weighted by Gasteiger charge is -2.25. The van der Waals surface area contributed by atoms with E-state index in [4.69, 9.17) is 9.26 Å². The Labute approximate surface area is 148 Å². The van der Waals surface area contributed by atoms with Gasteiger partial charge in [-0.3, -0.25) is 4.79 Å². The summed E-state index contributed by atoms with van der Waals surface area (Å²) in [4.78, 5) is 15.1. The summed E-state index contributed by atoms with van der Waals surface area (Å²) in [5.41, 5.74) is 1.58. The summed E-state index contributed by atoms with van der Waals surface area (Å²) in [6.07, 6.45) is 4.57. The van der Waals surface area contributed by atoms with Crippen molar-refractivity contribution in [2.24, 2.45) is 0 Å². The molecule has 2 heterocycles. The van der Waals surface area contributed by atoms with Crippen LogP contribution in [0.4, 0.5) is 0 Å². The molecular weight excluding hydrogens is 318 g/mol. The number of hydrogen-bond acceptors (Lipinski definition) is 5. The van der Waals surface area contributed by atoms with Crippen LogP contribution in [0.15, 0.2) is 35.0 Å². The van der Waals surface area contributed by atoms with E-state index in [-0.39, 0.29) is 11.9 Å². The molecule has 0 radical (unpaired) electrons. The molecule has 0 unspecified atom stereocenters. The molecular formula is C19H25N3O3. The Hall–Kier alpha value is -2.34. The van der Waals surface area contributed by atoms with E-state index in [1.54, 1.807) is 7.11 Å². The molecule has 1 atom stereocenters. The van der Waals surface area contributed by atoms with Crippen LogP contribution in [0.25, 0.3) is 0 Å². The predicted molar refractivity (Wildman–Crippen MR) is 94.8 cm³/mol. The summed E-state index contributed by atoms with van der Waals surface area (Å²) in [6.45, 7) is 4.90.